The number of hydrogen-bond donors (Lipinski definition) is 0. The Morgan fingerprint density at radius 2 is 2.00 bits per heavy atom. The van der Waals surface area contributed by atoms with E-state index in [0.29, 0.717) is 17.9 Å². The largest absolute Gasteiger partial charge is 0.335 e. The number of rotatable bonds is 4. The predicted molar refractivity (Wildman–Crippen MR) is 74.5 cm³/mol. The summed E-state index contributed by atoms with van der Waals surface area (Å²) in [6, 6.07) is 2.69. The summed E-state index contributed by atoms with van der Waals surface area (Å²) in [6.45, 7) is 0.837. The Hall–Kier alpha value is -0.830. The summed E-state index contributed by atoms with van der Waals surface area (Å²) in [4.78, 5) is 14.8. The van der Waals surface area contributed by atoms with E-state index in [0.717, 1.165) is 19.4 Å². The molecule has 0 bridgehead atoms. The highest BCUT2D eigenvalue weighted by Gasteiger charge is 2.36. The fraction of sp³-hybridized carbons (Fsp3) is 0.667. The van der Waals surface area contributed by atoms with E-state index in [4.69, 9.17) is 0 Å². The fourth-order valence-electron chi connectivity index (χ4n) is 2.94. The van der Waals surface area contributed by atoms with Crippen LogP contribution in [-0.2, 0) is 11.3 Å². The van der Waals surface area contributed by atoms with Gasteiger partial charge in [0.2, 0.25) is 5.91 Å². The van der Waals surface area contributed by atoms with E-state index >= 15 is 0 Å². The summed E-state index contributed by atoms with van der Waals surface area (Å²) in [7, 11) is 0. The standard InChI is InChI=1S/C15H21NOS/c17-15(13-4-2-1-3-5-13)16(14-6-7-14)10-12-8-9-18-11-12/h8-9,11,13-14H,1-7,10H2. The Labute approximate surface area is 113 Å². The first kappa shape index (κ1) is 12.2. The van der Waals surface area contributed by atoms with Gasteiger partial charge in [-0.3, -0.25) is 4.79 Å². The van der Waals surface area contributed by atoms with Crippen molar-refractivity contribution in [3.8, 4) is 0 Å². The first-order valence-electron chi connectivity index (χ1n) is 7.16. The van der Waals surface area contributed by atoms with Crippen molar-refractivity contribution >= 4 is 17.2 Å². The third-order valence-corrected chi connectivity index (χ3v) is 4.89. The van der Waals surface area contributed by atoms with Gasteiger partial charge in [-0.2, -0.15) is 11.3 Å². The van der Waals surface area contributed by atoms with Gasteiger partial charge >= 0.3 is 0 Å². The van der Waals surface area contributed by atoms with Crippen LogP contribution in [0.1, 0.15) is 50.5 Å². The Morgan fingerprint density at radius 1 is 1.22 bits per heavy atom. The minimum atomic E-state index is 0.318. The Morgan fingerprint density at radius 3 is 2.61 bits per heavy atom. The number of carbonyl (C=O) groups excluding carboxylic acids is 1. The van der Waals surface area contributed by atoms with Crippen LogP contribution >= 0.6 is 11.3 Å². The maximum Gasteiger partial charge on any atom is 0.226 e. The Kier molecular flexibility index (Phi) is 3.69. The lowest BCUT2D eigenvalue weighted by Gasteiger charge is -2.29. The van der Waals surface area contributed by atoms with Crippen molar-refractivity contribution in [2.75, 3.05) is 0 Å². The number of carbonyl (C=O) groups is 1. The van der Waals surface area contributed by atoms with Crippen LogP contribution in [0.15, 0.2) is 16.8 Å². The van der Waals surface area contributed by atoms with Gasteiger partial charge in [0.25, 0.3) is 0 Å². The van der Waals surface area contributed by atoms with Crippen LogP contribution < -0.4 is 0 Å². The zero-order valence-corrected chi connectivity index (χ0v) is 11.6. The highest BCUT2D eigenvalue weighted by Crippen LogP contribution is 2.33. The monoisotopic (exact) mass is 263 g/mol. The molecule has 0 saturated heterocycles. The molecule has 18 heavy (non-hydrogen) atoms. The molecule has 1 aromatic heterocycles. The van der Waals surface area contributed by atoms with Crippen molar-refractivity contribution in [1.82, 2.24) is 4.90 Å². The summed E-state index contributed by atoms with van der Waals surface area (Å²) in [5, 5.41) is 4.27. The van der Waals surface area contributed by atoms with Crippen LogP contribution in [0.3, 0.4) is 0 Å². The first-order chi connectivity index (χ1) is 8.84. The maximum atomic E-state index is 12.6. The van der Waals surface area contributed by atoms with Gasteiger partial charge in [-0.25, -0.2) is 0 Å². The molecule has 0 unspecified atom stereocenters. The van der Waals surface area contributed by atoms with Crippen LogP contribution in [0.4, 0.5) is 0 Å². The molecule has 0 radical (unpaired) electrons. The van der Waals surface area contributed by atoms with E-state index in [2.05, 4.69) is 21.7 Å². The molecule has 2 aliphatic rings. The third-order valence-electron chi connectivity index (χ3n) is 4.16. The highest BCUT2D eigenvalue weighted by molar-refractivity contribution is 7.07. The molecule has 2 aliphatic carbocycles. The molecular formula is C15H21NOS. The molecule has 2 saturated carbocycles. The van der Waals surface area contributed by atoms with E-state index in [-0.39, 0.29) is 0 Å². The molecule has 3 rings (SSSR count). The molecule has 0 spiro atoms. The topological polar surface area (TPSA) is 20.3 Å². The molecule has 98 valence electrons. The summed E-state index contributed by atoms with van der Waals surface area (Å²) in [5.41, 5.74) is 1.30. The lowest BCUT2D eigenvalue weighted by molar-refractivity contribution is -0.137. The SMILES string of the molecule is O=C(C1CCCCC1)N(Cc1ccsc1)C1CC1. The molecule has 1 heterocycles. The molecule has 0 atom stereocenters. The highest BCUT2D eigenvalue weighted by atomic mass is 32.1. The van der Waals surface area contributed by atoms with Gasteiger partial charge in [0.15, 0.2) is 0 Å². The van der Waals surface area contributed by atoms with E-state index in [1.54, 1.807) is 11.3 Å². The summed E-state index contributed by atoms with van der Waals surface area (Å²) in [5.74, 6) is 0.751. The van der Waals surface area contributed by atoms with Gasteiger partial charge < -0.3 is 4.90 Å². The number of hydrogen-bond acceptors (Lipinski definition) is 2. The zero-order chi connectivity index (χ0) is 12.4. The van der Waals surface area contributed by atoms with Gasteiger partial charge in [-0.15, -0.1) is 0 Å². The average molecular weight is 263 g/mol. The number of nitrogens with zero attached hydrogens (tertiary/aromatic N) is 1. The molecule has 3 heteroatoms. The van der Waals surface area contributed by atoms with E-state index < -0.39 is 0 Å². The molecule has 2 fully saturated rings. The van der Waals surface area contributed by atoms with Crippen LogP contribution in [0.2, 0.25) is 0 Å². The van der Waals surface area contributed by atoms with Crippen molar-refractivity contribution in [2.24, 2.45) is 5.92 Å². The lowest BCUT2D eigenvalue weighted by Crippen LogP contribution is -2.38. The predicted octanol–water partition coefficient (Wildman–Crippen LogP) is 3.82. The van der Waals surface area contributed by atoms with E-state index in [1.165, 1.54) is 37.7 Å². The van der Waals surface area contributed by atoms with Crippen LogP contribution in [-0.4, -0.2) is 16.8 Å². The Bertz CT molecular complexity index is 391. The summed E-state index contributed by atoms with van der Waals surface area (Å²) >= 11 is 1.72. The van der Waals surface area contributed by atoms with Crippen LogP contribution in [0, 0.1) is 5.92 Å². The molecular weight excluding hydrogens is 242 g/mol. The quantitative estimate of drug-likeness (QED) is 0.808. The summed E-state index contributed by atoms with van der Waals surface area (Å²) in [6.07, 6.45) is 8.46. The van der Waals surface area contributed by atoms with E-state index in [9.17, 15) is 4.79 Å². The van der Waals surface area contributed by atoms with Crippen molar-refractivity contribution in [1.29, 1.82) is 0 Å². The van der Waals surface area contributed by atoms with Crippen LogP contribution in [0.5, 0.6) is 0 Å². The van der Waals surface area contributed by atoms with Gasteiger partial charge in [0, 0.05) is 18.5 Å². The lowest BCUT2D eigenvalue weighted by atomic mass is 9.88. The number of thiophene rings is 1. The molecule has 0 aliphatic heterocycles. The normalized spacial score (nSPS) is 20.9. The Balaban J connectivity index is 1.66. The van der Waals surface area contributed by atoms with Crippen LogP contribution in [0.25, 0.3) is 0 Å². The first-order valence-corrected chi connectivity index (χ1v) is 8.10. The summed E-state index contributed by atoms with van der Waals surface area (Å²) < 4.78 is 0. The minimum Gasteiger partial charge on any atom is -0.335 e. The molecule has 1 amide bonds. The van der Waals surface area contributed by atoms with Gasteiger partial charge in [-0.1, -0.05) is 19.3 Å². The van der Waals surface area contributed by atoms with Gasteiger partial charge in [-0.05, 0) is 48.1 Å². The van der Waals surface area contributed by atoms with Crippen molar-refractivity contribution in [2.45, 2.75) is 57.5 Å². The second-order valence-electron chi connectivity index (χ2n) is 5.66. The van der Waals surface area contributed by atoms with Crippen molar-refractivity contribution < 1.29 is 4.79 Å². The van der Waals surface area contributed by atoms with Crippen molar-refractivity contribution in [3.63, 3.8) is 0 Å². The number of amides is 1. The molecule has 1 aromatic rings. The molecule has 0 aromatic carbocycles. The smallest absolute Gasteiger partial charge is 0.226 e. The average Bonchev–Trinajstić information content (AvgIpc) is 3.13. The minimum absolute atomic E-state index is 0.318. The third kappa shape index (κ3) is 2.77. The maximum absolute atomic E-state index is 12.6. The second-order valence-corrected chi connectivity index (χ2v) is 6.44. The van der Waals surface area contributed by atoms with E-state index in [1.807, 2.05) is 0 Å². The van der Waals surface area contributed by atoms with Gasteiger partial charge in [0.1, 0.15) is 0 Å². The fourth-order valence-corrected chi connectivity index (χ4v) is 3.60. The zero-order valence-electron chi connectivity index (χ0n) is 10.8. The second kappa shape index (κ2) is 5.43. The molecule has 0 N–H and O–H groups in total. The molecule has 2 nitrogen and oxygen atoms in total. The van der Waals surface area contributed by atoms with Crippen molar-refractivity contribution in [3.05, 3.63) is 22.4 Å². The van der Waals surface area contributed by atoms with Gasteiger partial charge in [0.05, 0.1) is 0 Å².